The Morgan fingerprint density at radius 3 is 2.91 bits per heavy atom. The first kappa shape index (κ1) is 14.4. The van der Waals surface area contributed by atoms with Crippen molar-refractivity contribution in [1.82, 2.24) is 19.6 Å². The molecule has 2 aromatic heterocycles. The largest absolute Gasteiger partial charge is 0.294 e. The number of benzene rings is 1. The topological polar surface area (TPSA) is 60.1 Å². The number of thioether (sulfide) groups is 1. The molecule has 5 nitrogen and oxygen atoms in total. The number of fused-ring (bicyclic) bond motifs is 2. The molecule has 0 bridgehead atoms. The number of rotatable bonds is 2. The van der Waals surface area contributed by atoms with E-state index in [-0.39, 0.29) is 11.7 Å². The van der Waals surface area contributed by atoms with Crippen LogP contribution in [0.1, 0.15) is 39.5 Å². The first-order valence-corrected chi connectivity index (χ1v) is 8.76. The van der Waals surface area contributed by atoms with Gasteiger partial charge >= 0.3 is 0 Å². The van der Waals surface area contributed by atoms with E-state index in [0.717, 1.165) is 12.1 Å². The second-order valence-corrected chi connectivity index (χ2v) is 6.66. The fourth-order valence-electron chi connectivity index (χ4n) is 3.11. The number of hydrogen-bond donors (Lipinski definition) is 0. The summed E-state index contributed by atoms with van der Waals surface area (Å²) in [6.07, 6.45) is 4.99. The molecule has 2 heterocycles. The minimum Gasteiger partial charge on any atom is -0.294 e. The Morgan fingerprint density at radius 1 is 1.26 bits per heavy atom. The lowest BCUT2D eigenvalue weighted by atomic mass is 9.82. The summed E-state index contributed by atoms with van der Waals surface area (Å²) >= 11 is 1.47. The maximum atomic E-state index is 12.6. The molecule has 1 atom stereocenters. The number of ketones is 1. The highest BCUT2D eigenvalue weighted by Gasteiger charge is 2.28. The van der Waals surface area contributed by atoms with Crippen LogP contribution in [0.5, 0.6) is 0 Å². The van der Waals surface area contributed by atoms with Gasteiger partial charge in [-0.05, 0) is 31.1 Å². The zero-order valence-electron chi connectivity index (χ0n) is 13.0. The lowest BCUT2D eigenvalue weighted by molar-refractivity contribution is 0.0962. The highest BCUT2D eigenvalue weighted by atomic mass is 32.2. The Balaban J connectivity index is 1.77. The molecule has 1 aliphatic rings. The van der Waals surface area contributed by atoms with Crippen LogP contribution in [0.25, 0.3) is 5.78 Å². The number of Topliss-reactive ketones (excluding diaryl/α,β-unsaturated/α-hetero) is 1. The molecule has 0 radical (unpaired) electrons. The highest BCUT2D eigenvalue weighted by Crippen LogP contribution is 2.32. The van der Waals surface area contributed by atoms with Crippen molar-refractivity contribution in [3.8, 4) is 0 Å². The summed E-state index contributed by atoms with van der Waals surface area (Å²) in [6, 6.07) is 8.37. The van der Waals surface area contributed by atoms with Crippen molar-refractivity contribution in [1.29, 1.82) is 0 Å². The van der Waals surface area contributed by atoms with Gasteiger partial charge in [0.15, 0.2) is 5.78 Å². The number of carbonyl (C=O) groups excluding carboxylic acids is 1. The van der Waals surface area contributed by atoms with Gasteiger partial charge < -0.3 is 0 Å². The minimum absolute atomic E-state index is 0.133. The lowest BCUT2D eigenvalue weighted by Gasteiger charge is -2.23. The number of nitrogens with zero attached hydrogens (tertiary/aromatic N) is 4. The molecule has 0 N–H and O–H groups in total. The Bertz CT molecular complexity index is 918. The lowest BCUT2D eigenvalue weighted by Crippen LogP contribution is -2.21. The maximum Gasteiger partial charge on any atom is 0.253 e. The fourth-order valence-corrected chi connectivity index (χ4v) is 3.45. The van der Waals surface area contributed by atoms with Crippen molar-refractivity contribution in [3.05, 3.63) is 52.8 Å². The molecule has 0 spiro atoms. The second-order valence-electron chi connectivity index (χ2n) is 5.89. The van der Waals surface area contributed by atoms with Crippen LogP contribution < -0.4 is 0 Å². The number of hydrogen-bond acceptors (Lipinski definition) is 5. The molecule has 6 heteroatoms. The molecular formula is C17H16N4OS. The SMILES string of the molecule is CSc1nc2nc3c(cn2n1)C(=O)C[C@H](c1cccc(C)c1)C3. The van der Waals surface area contributed by atoms with E-state index in [1.54, 1.807) is 10.7 Å². The minimum atomic E-state index is 0.133. The van der Waals surface area contributed by atoms with Gasteiger partial charge in [-0.2, -0.15) is 4.98 Å². The quantitative estimate of drug-likeness (QED) is 0.678. The molecule has 1 aromatic carbocycles. The van der Waals surface area contributed by atoms with E-state index in [1.807, 2.05) is 12.3 Å². The highest BCUT2D eigenvalue weighted by molar-refractivity contribution is 7.98. The predicted octanol–water partition coefficient (Wildman–Crippen LogP) is 3.07. The molecule has 0 aliphatic heterocycles. The second kappa shape index (κ2) is 5.45. The summed E-state index contributed by atoms with van der Waals surface area (Å²) in [7, 11) is 0. The summed E-state index contributed by atoms with van der Waals surface area (Å²) in [5, 5.41) is 4.99. The molecule has 0 saturated carbocycles. The van der Waals surface area contributed by atoms with Gasteiger partial charge in [0.1, 0.15) is 0 Å². The van der Waals surface area contributed by atoms with Gasteiger partial charge in [0, 0.05) is 12.6 Å². The zero-order valence-corrected chi connectivity index (χ0v) is 13.8. The molecule has 116 valence electrons. The Labute approximate surface area is 138 Å². The first-order chi connectivity index (χ1) is 11.1. The van der Waals surface area contributed by atoms with Crippen molar-refractivity contribution in [3.63, 3.8) is 0 Å². The molecule has 23 heavy (non-hydrogen) atoms. The molecule has 4 rings (SSSR count). The third-order valence-corrected chi connectivity index (χ3v) is 4.80. The van der Waals surface area contributed by atoms with Gasteiger partial charge in [0.05, 0.1) is 11.3 Å². The maximum absolute atomic E-state index is 12.6. The number of carbonyl (C=O) groups is 1. The molecule has 0 saturated heterocycles. The van der Waals surface area contributed by atoms with Gasteiger partial charge in [-0.3, -0.25) is 4.79 Å². The molecular weight excluding hydrogens is 308 g/mol. The summed E-state index contributed by atoms with van der Waals surface area (Å²) in [5.41, 5.74) is 3.93. The number of aromatic nitrogens is 4. The average Bonchev–Trinajstić information content (AvgIpc) is 2.95. The Hall–Kier alpha value is -2.21. The normalized spacial score (nSPS) is 17.5. The van der Waals surface area contributed by atoms with E-state index < -0.39 is 0 Å². The van der Waals surface area contributed by atoms with Crippen LogP contribution in [0, 0.1) is 6.92 Å². The van der Waals surface area contributed by atoms with Crippen LogP contribution in [0.4, 0.5) is 0 Å². The van der Waals surface area contributed by atoms with Gasteiger partial charge in [0.25, 0.3) is 5.78 Å². The van der Waals surface area contributed by atoms with Crippen molar-refractivity contribution in [2.45, 2.75) is 30.8 Å². The van der Waals surface area contributed by atoms with Gasteiger partial charge in [0.2, 0.25) is 5.16 Å². The number of aryl methyl sites for hydroxylation is 1. The Morgan fingerprint density at radius 2 is 2.13 bits per heavy atom. The van der Waals surface area contributed by atoms with Crippen molar-refractivity contribution >= 4 is 23.3 Å². The van der Waals surface area contributed by atoms with Crippen LogP contribution in [0.3, 0.4) is 0 Å². The van der Waals surface area contributed by atoms with Crippen LogP contribution >= 0.6 is 11.8 Å². The van der Waals surface area contributed by atoms with Crippen LogP contribution in [-0.4, -0.2) is 31.6 Å². The monoisotopic (exact) mass is 324 g/mol. The zero-order chi connectivity index (χ0) is 16.0. The third-order valence-electron chi connectivity index (χ3n) is 4.26. The van der Waals surface area contributed by atoms with Gasteiger partial charge in [-0.25, -0.2) is 9.50 Å². The van der Waals surface area contributed by atoms with E-state index in [0.29, 0.717) is 22.9 Å². The standard InChI is InChI=1S/C17H16N4OS/c1-10-4-3-5-11(6-10)12-7-14-13(15(22)8-12)9-21-16(18-14)19-17(20-21)23-2/h3-6,9,12H,7-8H2,1-2H3/t12-/m1/s1. The molecule has 0 unspecified atom stereocenters. The predicted molar refractivity (Wildman–Crippen MR) is 89.1 cm³/mol. The van der Waals surface area contributed by atoms with Crippen LogP contribution in [0.15, 0.2) is 35.6 Å². The summed E-state index contributed by atoms with van der Waals surface area (Å²) in [5.74, 6) is 0.881. The first-order valence-electron chi connectivity index (χ1n) is 7.54. The Kier molecular flexibility index (Phi) is 3.41. The molecule has 1 aliphatic carbocycles. The summed E-state index contributed by atoms with van der Waals surface area (Å²) in [6.45, 7) is 2.07. The summed E-state index contributed by atoms with van der Waals surface area (Å²) < 4.78 is 1.61. The molecule has 0 amide bonds. The van der Waals surface area contributed by atoms with Crippen molar-refractivity contribution in [2.24, 2.45) is 0 Å². The smallest absolute Gasteiger partial charge is 0.253 e. The van der Waals surface area contributed by atoms with Crippen molar-refractivity contribution < 1.29 is 4.79 Å². The summed E-state index contributed by atoms with van der Waals surface area (Å²) in [4.78, 5) is 21.5. The van der Waals surface area contributed by atoms with E-state index in [2.05, 4.69) is 40.2 Å². The average molecular weight is 324 g/mol. The van der Waals surface area contributed by atoms with E-state index >= 15 is 0 Å². The van der Waals surface area contributed by atoms with Crippen molar-refractivity contribution in [2.75, 3.05) is 6.26 Å². The van der Waals surface area contributed by atoms with E-state index in [4.69, 9.17) is 0 Å². The van der Waals surface area contributed by atoms with Crippen LogP contribution in [0.2, 0.25) is 0 Å². The van der Waals surface area contributed by atoms with Crippen LogP contribution in [-0.2, 0) is 6.42 Å². The molecule has 3 aromatic rings. The van der Waals surface area contributed by atoms with Gasteiger partial charge in [-0.15, -0.1) is 5.10 Å². The third kappa shape index (κ3) is 2.53. The van der Waals surface area contributed by atoms with E-state index in [9.17, 15) is 4.79 Å². The fraction of sp³-hybridized carbons (Fsp3) is 0.294. The molecule has 0 fully saturated rings. The van der Waals surface area contributed by atoms with Gasteiger partial charge in [-0.1, -0.05) is 41.6 Å². The van der Waals surface area contributed by atoms with E-state index in [1.165, 1.54) is 22.9 Å².